The van der Waals surface area contributed by atoms with E-state index in [1.54, 1.807) is 23.5 Å². The minimum atomic E-state index is -0.879. The Morgan fingerprint density at radius 2 is 2.22 bits per heavy atom. The SMILES string of the molecule is O=C(O)c1cccc(CN(Cc2cccs2)CC2CCCO2)c1. The van der Waals surface area contributed by atoms with Crippen LogP contribution in [0.25, 0.3) is 0 Å². The van der Waals surface area contributed by atoms with Gasteiger partial charge in [0.05, 0.1) is 11.7 Å². The average Bonchev–Trinajstić information content (AvgIpc) is 3.21. The third-order valence-corrected chi connectivity index (χ3v) is 4.89. The van der Waals surface area contributed by atoms with Crippen LogP contribution >= 0.6 is 11.3 Å². The van der Waals surface area contributed by atoms with Crippen molar-refractivity contribution < 1.29 is 14.6 Å². The topological polar surface area (TPSA) is 49.8 Å². The third kappa shape index (κ3) is 4.64. The van der Waals surface area contributed by atoms with Gasteiger partial charge in [-0.3, -0.25) is 4.90 Å². The molecular formula is C18H21NO3S. The average molecular weight is 331 g/mol. The molecule has 3 rings (SSSR count). The highest BCUT2D eigenvalue weighted by Gasteiger charge is 2.20. The summed E-state index contributed by atoms with van der Waals surface area (Å²) in [5.41, 5.74) is 1.37. The van der Waals surface area contributed by atoms with Gasteiger partial charge in [-0.1, -0.05) is 18.2 Å². The minimum absolute atomic E-state index is 0.289. The van der Waals surface area contributed by atoms with Crippen LogP contribution in [0.1, 0.15) is 33.6 Å². The van der Waals surface area contributed by atoms with E-state index in [9.17, 15) is 4.79 Å². The van der Waals surface area contributed by atoms with E-state index < -0.39 is 5.97 Å². The number of carboxylic acids is 1. The Morgan fingerprint density at radius 1 is 1.30 bits per heavy atom. The Morgan fingerprint density at radius 3 is 2.91 bits per heavy atom. The number of carboxylic acid groups (broad SMARTS) is 1. The molecule has 0 bridgehead atoms. The van der Waals surface area contributed by atoms with Gasteiger partial charge < -0.3 is 9.84 Å². The lowest BCUT2D eigenvalue weighted by molar-refractivity contribution is 0.0675. The molecule has 1 fully saturated rings. The summed E-state index contributed by atoms with van der Waals surface area (Å²) in [5, 5.41) is 11.2. The van der Waals surface area contributed by atoms with E-state index in [-0.39, 0.29) is 6.10 Å². The summed E-state index contributed by atoms with van der Waals surface area (Å²) in [6, 6.07) is 11.4. The van der Waals surface area contributed by atoms with Crippen molar-refractivity contribution in [2.24, 2.45) is 0 Å². The molecule has 23 heavy (non-hydrogen) atoms. The maximum atomic E-state index is 11.1. The van der Waals surface area contributed by atoms with Crippen molar-refractivity contribution in [3.63, 3.8) is 0 Å². The van der Waals surface area contributed by atoms with Crippen molar-refractivity contribution in [3.8, 4) is 0 Å². The van der Waals surface area contributed by atoms with Crippen molar-refractivity contribution in [1.82, 2.24) is 4.90 Å². The second-order valence-corrected chi connectivity index (χ2v) is 6.92. The maximum Gasteiger partial charge on any atom is 0.335 e. The standard InChI is InChI=1S/C18H21NO3S/c20-18(21)15-5-1-4-14(10-15)11-19(12-16-6-2-8-22-16)13-17-7-3-9-23-17/h1,3-5,7,9-10,16H,2,6,8,11-13H2,(H,20,21). The van der Waals surface area contributed by atoms with E-state index in [4.69, 9.17) is 9.84 Å². The molecule has 1 unspecified atom stereocenters. The number of hydrogen-bond donors (Lipinski definition) is 1. The smallest absolute Gasteiger partial charge is 0.335 e. The Labute approximate surface area is 140 Å². The molecular weight excluding hydrogens is 310 g/mol. The summed E-state index contributed by atoms with van der Waals surface area (Å²) in [4.78, 5) is 14.8. The molecule has 4 nitrogen and oxygen atoms in total. The van der Waals surface area contributed by atoms with Crippen LogP contribution in [0.15, 0.2) is 41.8 Å². The molecule has 0 saturated carbocycles. The highest BCUT2D eigenvalue weighted by Crippen LogP contribution is 2.19. The van der Waals surface area contributed by atoms with Gasteiger partial charge in [-0.15, -0.1) is 11.3 Å². The Bertz CT molecular complexity index is 635. The molecule has 0 radical (unpaired) electrons. The number of aromatic carboxylic acids is 1. The Hall–Kier alpha value is -1.69. The molecule has 1 N–H and O–H groups in total. The van der Waals surface area contributed by atoms with Crippen molar-refractivity contribution in [2.75, 3.05) is 13.2 Å². The summed E-state index contributed by atoms with van der Waals surface area (Å²) in [6.45, 7) is 3.34. The van der Waals surface area contributed by atoms with E-state index in [2.05, 4.69) is 22.4 Å². The van der Waals surface area contributed by atoms with Crippen LogP contribution in [0.3, 0.4) is 0 Å². The Kier molecular flexibility index (Phi) is 5.43. The van der Waals surface area contributed by atoms with E-state index >= 15 is 0 Å². The number of thiophene rings is 1. The van der Waals surface area contributed by atoms with Crippen molar-refractivity contribution in [2.45, 2.75) is 32.0 Å². The monoisotopic (exact) mass is 331 g/mol. The maximum absolute atomic E-state index is 11.1. The van der Waals surface area contributed by atoms with Crippen LogP contribution in [-0.2, 0) is 17.8 Å². The van der Waals surface area contributed by atoms with Crippen LogP contribution in [0.2, 0.25) is 0 Å². The van der Waals surface area contributed by atoms with Crippen LogP contribution in [0.5, 0.6) is 0 Å². The molecule has 2 heterocycles. The summed E-state index contributed by atoms with van der Waals surface area (Å²) in [5.74, 6) is -0.879. The van der Waals surface area contributed by atoms with Crippen LogP contribution in [-0.4, -0.2) is 35.2 Å². The molecule has 122 valence electrons. The second kappa shape index (κ2) is 7.73. The predicted octanol–water partition coefficient (Wildman–Crippen LogP) is 3.63. The van der Waals surface area contributed by atoms with Crippen molar-refractivity contribution >= 4 is 17.3 Å². The van der Waals surface area contributed by atoms with E-state index in [1.807, 2.05) is 12.1 Å². The molecule has 1 atom stereocenters. The van der Waals surface area contributed by atoms with Gasteiger partial charge in [0.15, 0.2) is 0 Å². The molecule has 1 aliphatic heterocycles. The zero-order chi connectivity index (χ0) is 16.1. The van der Waals surface area contributed by atoms with Gasteiger partial charge in [0.25, 0.3) is 0 Å². The highest BCUT2D eigenvalue weighted by molar-refractivity contribution is 7.09. The van der Waals surface area contributed by atoms with E-state index in [0.717, 1.165) is 44.6 Å². The Balaban J connectivity index is 1.71. The summed E-state index contributed by atoms with van der Waals surface area (Å²) in [6.07, 6.45) is 2.53. The van der Waals surface area contributed by atoms with Crippen molar-refractivity contribution in [3.05, 3.63) is 57.8 Å². The van der Waals surface area contributed by atoms with Crippen molar-refractivity contribution in [1.29, 1.82) is 0 Å². The summed E-state index contributed by atoms with van der Waals surface area (Å²) in [7, 11) is 0. The molecule has 1 aromatic carbocycles. The first-order chi connectivity index (χ1) is 11.2. The molecule has 0 aliphatic carbocycles. The third-order valence-electron chi connectivity index (χ3n) is 4.03. The quantitative estimate of drug-likeness (QED) is 0.842. The first kappa shape index (κ1) is 16.2. The number of carbonyl (C=O) groups is 1. The lowest BCUT2D eigenvalue weighted by atomic mass is 10.1. The molecule has 2 aromatic rings. The number of hydrogen-bond acceptors (Lipinski definition) is 4. The number of nitrogens with zero attached hydrogens (tertiary/aromatic N) is 1. The first-order valence-electron chi connectivity index (χ1n) is 7.89. The molecule has 1 saturated heterocycles. The molecule has 5 heteroatoms. The number of ether oxygens (including phenoxy) is 1. The fraction of sp³-hybridized carbons (Fsp3) is 0.389. The van der Waals surface area contributed by atoms with Gasteiger partial charge in [0.1, 0.15) is 0 Å². The van der Waals surface area contributed by atoms with Gasteiger partial charge in [0.2, 0.25) is 0 Å². The first-order valence-corrected chi connectivity index (χ1v) is 8.77. The van der Waals surface area contributed by atoms with Gasteiger partial charge in [-0.25, -0.2) is 4.79 Å². The second-order valence-electron chi connectivity index (χ2n) is 5.89. The van der Waals surface area contributed by atoms with E-state index in [1.165, 1.54) is 4.88 Å². The molecule has 1 aliphatic rings. The lowest BCUT2D eigenvalue weighted by Gasteiger charge is -2.25. The fourth-order valence-corrected chi connectivity index (χ4v) is 3.69. The van der Waals surface area contributed by atoms with Gasteiger partial charge >= 0.3 is 5.97 Å². The molecule has 0 amide bonds. The molecule has 1 aromatic heterocycles. The van der Waals surface area contributed by atoms with Crippen LogP contribution in [0, 0.1) is 0 Å². The van der Waals surface area contributed by atoms with Gasteiger partial charge in [-0.2, -0.15) is 0 Å². The van der Waals surface area contributed by atoms with Crippen LogP contribution < -0.4 is 0 Å². The fourth-order valence-electron chi connectivity index (χ4n) is 2.95. The zero-order valence-corrected chi connectivity index (χ0v) is 13.8. The zero-order valence-electron chi connectivity index (χ0n) is 13.0. The van der Waals surface area contributed by atoms with E-state index in [0.29, 0.717) is 5.56 Å². The number of benzene rings is 1. The highest BCUT2D eigenvalue weighted by atomic mass is 32.1. The number of rotatable bonds is 7. The lowest BCUT2D eigenvalue weighted by Crippen LogP contribution is -2.31. The minimum Gasteiger partial charge on any atom is -0.478 e. The van der Waals surface area contributed by atoms with Gasteiger partial charge in [0, 0.05) is 31.1 Å². The predicted molar refractivity (Wildman–Crippen MR) is 90.8 cm³/mol. The van der Waals surface area contributed by atoms with Gasteiger partial charge in [-0.05, 0) is 42.0 Å². The largest absolute Gasteiger partial charge is 0.478 e. The molecule has 0 spiro atoms. The normalized spacial score (nSPS) is 17.7. The summed E-state index contributed by atoms with van der Waals surface area (Å²) < 4.78 is 5.77. The van der Waals surface area contributed by atoms with Crippen LogP contribution in [0.4, 0.5) is 0 Å². The summed E-state index contributed by atoms with van der Waals surface area (Å²) >= 11 is 1.75.